The van der Waals surface area contributed by atoms with E-state index in [1.165, 1.54) is 0 Å². The first kappa shape index (κ1) is 13.3. The van der Waals surface area contributed by atoms with Gasteiger partial charge in [-0.3, -0.25) is 0 Å². The molecule has 2 aliphatic rings. The predicted molar refractivity (Wildman–Crippen MR) is 65.9 cm³/mol. The van der Waals surface area contributed by atoms with Gasteiger partial charge in [0, 0.05) is 25.1 Å². The second-order valence-electron chi connectivity index (χ2n) is 6.09. The van der Waals surface area contributed by atoms with Crippen LogP contribution in [0.1, 0.15) is 32.6 Å². The van der Waals surface area contributed by atoms with Gasteiger partial charge in [0.1, 0.15) is 0 Å². The van der Waals surface area contributed by atoms with E-state index in [2.05, 4.69) is 4.90 Å². The summed E-state index contributed by atoms with van der Waals surface area (Å²) in [5.74, 6) is 0. The summed E-state index contributed by atoms with van der Waals surface area (Å²) >= 11 is 0. The predicted octanol–water partition coefficient (Wildman–Crippen LogP) is 0.622. The Bertz CT molecular complexity index is 249. The number of likely N-dealkylation sites (tertiary alicyclic amines) is 1. The smallest absolute Gasteiger partial charge is 0.0632 e. The Kier molecular flexibility index (Phi) is 4.08. The summed E-state index contributed by atoms with van der Waals surface area (Å²) < 4.78 is 5.43. The SMILES string of the molecule is CC1(O)CCCN(CC2(CO)CCOC2)CC1. The van der Waals surface area contributed by atoms with Crippen LogP contribution in [-0.4, -0.2) is 60.2 Å². The van der Waals surface area contributed by atoms with Crippen molar-refractivity contribution in [3.05, 3.63) is 0 Å². The van der Waals surface area contributed by atoms with Crippen molar-refractivity contribution in [3.8, 4) is 0 Å². The summed E-state index contributed by atoms with van der Waals surface area (Å²) in [6.07, 6.45) is 3.70. The minimum atomic E-state index is -0.507. The lowest BCUT2D eigenvalue weighted by Gasteiger charge is -2.32. The standard InChI is InChI=1S/C13H25NO3/c1-12(16)3-2-6-14(7-4-12)9-13(10-15)5-8-17-11-13/h15-16H,2-11H2,1H3. The van der Waals surface area contributed by atoms with E-state index in [1.54, 1.807) is 0 Å². The summed E-state index contributed by atoms with van der Waals surface area (Å²) in [5.41, 5.74) is -0.566. The van der Waals surface area contributed by atoms with E-state index in [0.717, 1.165) is 51.9 Å². The molecule has 17 heavy (non-hydrogen) atoms. The molecule has 0 aliphatic carbocycles. The maximum atomic E-state index is 10.1. The number of hydrogen-bond acceptors (Lipinski definition) is 4. The number of aliphatic hydroxyl groups excluding tert-OH is 1. The largest absolute Gasteiger partial charge is 0.396 e. The molecule has 0 saturated carbocycles. The van der Waals surface area contributed by atoms with Gasteiger partial charge >= 0.3 is 0 Å². The zero-order valence-corrected chi connectivity index (χ0v) is 10.8. The van der Waals surface area contributed by atoms with Gasteiger partial charge < -0.3 is 19.8 Å². The molecule has 2 rings (SSSR count). The fraction of sp³-hybridized carbons (Fsp3) is 1.00. The van der Waals surface area contributed by atoms with E-state index in [-0.39, 0.29) is 12.0 Å². The molecule has 2 N–H and O–H groups in total. The van der Waals surface area contributed by atoms with Crippen molar-refractivity contribution in [2.24, 2.45) is 5.41 Å². The van der Waals surface area contributed by atoms with Crippen LogP contribution in [0.3, 0.4) is 0 Å². The van der Waals surface area contributed by atoms with Crippen molar-refractivity contribution in [3.63, 3.8) is 0 Å². The molecule has 2 heterocycles. The number of nitrogens with zero attached hydrogens (tertiary/aromatic N) is 1. The molecular formula is C13H25NO3. The maximum absolute atomic E-state index is 10.1. The molecule has 100 valence electrons. The first-order valence-electron chi connectivity index (χ1n) is 6.69. The molecule has 4 heteroatoms. The molecule has 0 bridgehead atoms. The molecule has 0 radical (unpaired) electrons. The normalized spacial score (nSPS) is 40.4. The Morgan fingerprint density at radius 1 is 1.24 bits per heavy atom. The quantitative estimate of drug-likeness (QED) is 0.763. The van der Waals surface area contributed by atoms with Crippen molar-refractivity contribution in [2.45, 2.75) is 38.2 Å². The zero-order valence-electron chi connectivity index (χ0n) is 10.8. The summed E-state index contributed by atoms with van der Waals surface area (Å²) in [6.45, 7) is 6.44. The van der Waals surface area contributed by atoms with Crippen molar-refractivity contribution < 1.29 is 14.9 Å². The van der Waals surface area contributed by atoms with Crippen molar-refractivity contribution in [2.75, 3.05) is 39.5 Å². The van der Waals surface area contributed by atoms with Gasteiger partial charge in [-0.25, -0.2) is 0 Å². The summed E-state index contributed by atoms with van der Waals surface area (Å²) in [6, 6.07) is 0. The van der Waals surface area contributed by atoms with Crippen LogP contribution in [0.2, 0.25) is 0 Å². The summed E-state index contributed by atoms with van der Waals surface area (Å²) in [4.78, 5) is 2.38. The molecule has 2 atom stereocenters. The van der Waals surface area contributed by atoms with Crippen LogP contribution in [0, 0.1) is 5.41 Å². The van der Waals surface area contributed by atoms with Crippen molar-refractivity contribution in [1.29, 1.82) is 0 Å². The lowest BCUT2D eigenvalue weighted by molar-refractivity contribution is 0.0362. The fourth-order valence-corrected chi connectivity index (χ4v) is 2.90. The molecule has 4 nitrogen and oxygen atoms in total. The molecule has 2 fully saturated rings. The van der Waals surface area contributed by atoms with Crippen LogP contribution in [0.25, 0.3) is 0 Å². The van der Waals surface area contributed by atoms with E-state index in [0.29, 0.717) is 6.61 Å². The number of hydrogen-bond donors (Lipinski definition) is 2. The molecular weight excluding hydrogens is 218 g/mol. The third kappa shape index (κ3) is 3.41. The van der Waals surface area contributed by atoms with Gasteiger partial charge in [-0.2, -0.15) is 0 Å². The topological polar surface area (TPSA) is 52.9 Å². The molecule has 2 unspecified atom stereocenters. The maximum Gasteiger partial charge on any atom is 0.0632 e. The van der Waals surface area contributed by atoms with Crippen LogP contribution in [0.15, 0.2) is 0 Å². The lowest BCUT2D eigenvalue weighted by Crippen LogP contribution is -2.41. The van der Waals surface area contributed by atoms with Crippen LogP contribution < -0.4 is 0 Å². The highest BCUT2D eigenvalue weighted by Crippen LogP contribution is 2.31. The summed E-state index contributed by atoms with van der Waals surface area (Å²) in [5, 5.41) is 19.6. The van der Waals surface area contributed by atoms with Crippen LogP contribution >= 0.6 is 0 Å². The second kappa shape index (κ2) is 5.22. The molecule has 0 aromatic heterocycles. The first-order chi connectivity index (χ1) is 8.05. The van der Waals surface area contributed by atoms with Crippen LogP contribution in [0.4, 0.5) is 0 Å². The Labute approximate surface area is 104 Å². The molecule has 2 saturated heterocycles. The number of ether oxygens (including phenoxy) is 1. The number of aliphatic hydroxyl groups is 2. The Hall–Kier alpha value is -0.160. The van der Waals surface area contributed by atoms with E-state index in [4.69, 9.17) is 4.74 Å². The highest BCUT2D eigenvalue weighted by atomic mass is 16.5. The van der Waals surface area contributed by atoms with Crippen molar-refractivity contribution in [1.82, 2.24) is 4.90 Å². The van der Waals surface area contributed by atoms with Crippen LogP contribution in [0.5, 0.6) is 0 Å². The minimum Gasteiger partial charge on any atom is -0.396 e. The molecule has 0 aromatic rings. The van der Waals surface area contributed by atoms with Crippen molar-refractivity contribution >= 4 is 0 Å². The Balaban J connectivity index is 1.90. The van der Waals surface area contributed by atoms with Crippen LogP contribution in [-0.2, 0) is 4.74 Å². The Morgan fingerprint density at radius 3 is 2.71 bits per heavy atom. The molecule has 0 spiro atoms. The van der Waals surface area contributed by atoms with Gasteiger partial charge in [0.15, 0.2) is 0 Å². The Morgan fingerprint density at radius 2 is 2.06 bits per heavy atom. The average molecular weight is 243 g/mol. The van der Waals surface area contributed by atoms with E-state index in [1.807, 2.05) is 6.92 Å². The second-order valence-corrected chi connectivity index (χ2v) is 6.09. The lowest BCUT2D eigenvalue weighted by atomic mass is 9.87. The third-order valence-electron chi connectivity index (χ3n) is 4.24. The van der Waals surface area contributed by atoms with E-state index >= 15 is 0 Å². The van der Waals surface area contributed by atoms with Gasteiger partial charge in [0.2, 0.25) is 0 Å². The highest BCUT2D eigenvalue weighted by Gasteiger charge is 2.37. The molecule has 2 aliphatic heterocycles. The van der Waals surface area contributed by atoms with Gasteiger partial charge in [0.25, 0.3) is 0 Å². The van der Waals surface area contributed by atoms with Gasteiger partial charge in [-0.05, 0) is 39.2 Å². The first-order valence-corrected chi connectivity index (χ1v) is 6.69. The summed E-state index contributed by atoms with van der Waals surface area (Å²) in [7, 11) is 0. The molecule has 0 amide bonds. The number of rotatable bonds is 3. The monoisotopic (exact) mass is 243 g/mol. The highest BCUT2D eigenvalue weighted by molar-refractivity contribution is 4.88. The molecule has 0 aromatic carbocycles. The average Bonchev–Trinajstić information content (AvgIpc) is 2.68. The van der Waals surface area contributed by atoms with Gasteiger partial charge in [-0.15, -0.1) is 0 Å². The fourth-order valence-electron chi connectivity index (χ4n) is 2.90. The third-order valence-corrected chi connectivity index (χ3v) is 4.24. The zero-order chi connectivity index (χ0) is 12.4. The van der Waals surface area contributed by atoms with E-state index in [9.17, 15) is 10.2 Å². The van der Waals surface area contributed by atoms with E-state index < -0.39 is 5.60 Å². The minimum absolute atomic E-state index is 0.0593. The van der Waals surface area contributed by atoms with Gasteiger partial charge in [0.05, 0.1) is 18.8 Å². The van der Waals surface area contributed by atoms with Gasteiger partial charge in [-0.1, -0.05) is 0 Å².